The first-order valence-corrected chi connectivity index (χ1v) is 10.6. The lowest BCUT2D eigenvalue weighted by atomic mass is 9.87. The van der Waals surface area contributed by atoms with Crippen LogP contribution in [0.1, 0.15) is 43.2 Å². The summed E-state index contributed by atoms with van der Waals surface area (Å²) >= 11 is 1.61. The molecule has 0 aliphatic heterocycles. The minimum atomic E-state index is 0.151. The second-order valence-corrected chi connectivity index (χ2v) is 9.10. The average Bonchev–Trinajstić information content (AvgIpc) is 3.27. The van der Waals surface area contributed by atoms with E-state index in [2.05, 4.69) is 81.4 Å². The highest BCUT2D eigenvalue weighted by Gasteiger charge is 2.14. The van der Waals surface area contributed by atoms with Crippen molar-refractivity contribution in [1.82, 2.24) is 9.38 Å². The van der Waals surface area contributed by atoms with Gasteiger partial charge in [-0.15, -0.1) is 11.3 Å². The Balaban J connectivity index is 1.51. The second kappa shape index (κ2) is 7.84. The molecule has 0 unspecified atom stereocenters. The van der Waals surface area contributed by atoms with Crippen LogP contribution in [0.15, 0.2) is 65.3 Å². The van der Waals surface area contributed by atoms with E-state index in [0.29, 0.717) is 6.61 Å². The minimum Gasteiger partial charge on any atom is -0.391 e. The Kier molecular flexibility index (Phi) is 5.24. The van der Waals surface area contributed by atoms with E-state index in [-0.39, 0.29) is 5.41 Å². The van der Waals surface area contributed by atoms with Gasteiger partial charge in [-0.25, -0.2) is 4.98 Å². The first-order chi connectivity index (χ1) is 13.9. The first kappa shape index (κ1) is 19.4. The van der Waals surface area contributed by atoms with E-state index in [9.17, 15) is 0 Å². The number of oxime groups is 1. The van der Waals surface area contributed by atoms with Gasteiger partial charge in [0.25, 0.3) is 0 Å². The van der Waals surface area contributed by atoms with Gasteiger partial charge in [-0.2, -0.15) is 0 Å². The molecule has 0 saturated heterocycles. The van der Waals surface area contributed by atoms with Crippen LogP contribution in [0.3, 0.4) is 0 Å². The zero-order valence-corrected chi connectivity index (χ0v) is 18.0. The molecule has 0 saturated carbocycles. The van der Waals surface area contributed by atoms with Crippen LogP contribution in [0.2, 0.25) is 0 Å². The third kappa shape index (κ3) is 4.25. The van der Waals surface area contributed by atoms with E-state index in [4.69, 9.17) is 9.82 Å². The van der Waals surface area contributed by atoms with Crippen molar-refractivity contribution >= 4 is 22.5 Å². The number of aromatic nitrogens is 2. The quantitative estimate of drug-likeness (QED) is 0.293. The maximum absolute atomic E-state index is 5.59. The summed E-state index contributed by atoms with van der Waals surface area (Å²) in [5.41, 5.74) is 6.70. The van der Waals surface area contributed by atoms with Crippen molar-refractivity contribution in [2.45, 2.75) is 39.7 Å². The normalized spacial score (nSPS) is 12.1. The molecule has 2 aromatic carbocycles. The molecule has 0 spiro atoms. The summed E-state index contributed by atoms with van der Waals surface area (Å²) in [5.74, 6) is 0. The number of benzene rings is 2. The largest absolute Gasteiger partial charge is 0.391 e. The topological polar surface area (TPSA) is 38.9 Å². The van der Waals surface area contributed by atoms with Gasteiger partial charge in [0, 0.05) is 17.1 Å². The predicted molar refractivity (Wildman–Crippen MR) is 121 cm³/mol. The molecule has 4 rings (SSSR count). The fraction of sp³-hybridized carbons (Fsp3) is 0.250. The molecule has 0 radical (unpaired) electrons. The monoisotopic (exact) mass is 403 g/mol. The Morgan fingerprint density at radius 2 is 1.79 bits per heavy atom. The van der Waals surface area contributed by atoms with Crippen molar-refractivity contribution in [1.29, 1.82) is 0 Å². The lowest BCUT2D eigenvalue weighted by molar-refractivity contribution is 0.132. The fourth-order valence-corrected chi connectivity index (χ4v) is 3.87. The smallest absolute Gasteiger partial charge is 0.194 e. The summed E-state index contributed by atoms with van der Waals surface area (Å²) in [6.45, 7) is 9.16. The highest BCUT2D eigenvalue weighted by molar-refractivity contribution is 7.15. The van der Waals surface area contributed by atoms with E-state index in [1.165, 1.54) is 11.1 Å². The van der Waals surface area contributed by atoms with Gasteiger partial charge in [-0.1, -0.05) is 80.0 Å². The van der Waals surface area contributed by atoms with Crippen molar-refractivity contribution < 1.29 is 4.84 Å². The number of hydrogen-bond donors (Lipinski definition) is 0. The SMILES string of the molecule is Cc1ccc(-c2nc3sccn3c2/C=N\OCc2ccc(C(C)(C)C)cc2)cc1. The van der Waals surface area contributed by atoms with Crippen LogP contribution in [0.4, 0.5) is 0 Å². The summed E-state index contributed by atoms with van der Waals surface area (Å²) < 4.78 is 2.05. The summed E-state index contributed by atoms with van der Waals surface area (Å²) in [6.07, 6.45) is 3.77. The molecular weight excluding hydrogens is 378 g/mol. The first-order valence-electron chi connectivity index (χ1n) is 9.69. The number of imidazole rings is 1. The van der Waals surface area contributed by atoms with Crippen LogP contribution in [0, 0.1) is 6.92 Å². The molecular formula is C24H25N3OS. The number of hydrogen-bond acceptors (Lipinski definition) is 4. The molecule has 148 valence electrons. The third-order valence-electron chi connectivity index (χ3n) is 4.92. The van der Waals surface area contributed by atoms with Gasteiger partial charge >= 0.3 is 0 Å². The Hall–Kier alpha value is -2.92. The van der Waals surface area contributed by atoms with Gasteiger partial charge in [0.05, 0.1) is 17.6 Å². The highest BCUT2D eigenvalue weighted by atomic mass is 32.1. The molecule has 4 aromatic rings. The van der Waals surface area contributed by atoms with E-state index in [0.717, 1.165) is 27.5 Å². The Morgan fingerprint density at radius 1 is 1.07 bits per heavy atom. The maximum Gasteiger partial charge on any atom is 0.194 e. The van der Waals surface area contributed by atoms with Gasteiger partial charge in [0.2, 0.25) is 0 Å². The van der Waals surface area contributed by atoms with E-state index in [1.54, 1.807) is 17.6 Å². The molecule has 0 aliphatic carbocycles. The van der Waals surface area contributed by atoms with Gasteiger partial charge in [-0.3, -0.25) is 4.40 Å². The Labute approximate surface area is 175 Å². The molecule has 0 aliphatic rings. The molecule has 29 heavy (non-hydrogen) atoms. The van der Waals surface area contributed by atoms with Crippen LogP contribution in [0.25, 0.3) is 16.2 Å². The summed E-state index contributed by atoms with van der Waals surface area (Å²) in [6, 6.07) is 16.9. The molecule has 0 bridgehead atoms. The fourth-order valence-electron chi connectivity index (χ4n) is 3.15. The van der Waals surface area contributed by atoms with Crippen LogP contribution in [-0.2, 0) is 16.9 Å². The summed E-state index contributed by atoms with van der Waals surface area (Å²) in [5, 5.41) is 6.26. The van der Waals surface area contributed by atoms with Crippen LogP contribution >= 0.6 is 11.3 Å². The van der Waals surface area contributed by atoms with Crippen LogP contribution in [-0.4, -0.2) is 15.6 Å². The van der Waals surface area contributed by atoms with Crippen molar-refractivity contribution in [3.63, 3.8) is 0 Å². The number of fused-ring (bicyclic) bond motifs is 1. The molecule has 0 atom stereocenters. The molecule has 2 heterocycles. The lowest BCUT2D eigenvalue weighted by Gasteiger charge is -2.18. The van der Waals surface area contributed by atoms with Crippen LogP contribution in [0.5, 0.6) is 0 Å². The van der Waals surface area contributed by atoms with Gasteiger partial charge < -0.3 is 4.84 Å². The minimum absolute atomic E-state index is 0.151. The third-order valence-corrected chi connectivity index (χ3v) is 5.68. The van der Waals surface area contributed by atoms with Crippen LogP contribution < -0.4 is 0 Å². The molecule has 0 N–H and O–H groups in total. The maximum atomic E-state index is 5.59. The number of thiazole rings is 1. The number of aryl methyl sites for hydroxylation is 1. The van der Waals surface area contributed by atoms with E-state index >= 15 is 0 Å². The predicted octanol–water partition coefficient (Wildman–Crippen LogP) is 6.22. The van der Waals surface area contributed by atoms with E-state index in [1.807, 2.05) is 16.0 Å². The van der Waals surface area contributed by atoms with Crippen molar-refractivity contribution in [2.24, 2.45) is 5.16 Å². The number of nitrogens with zero attached hydrogens (tertiary/aromatic N) is 3. The van der Waals surface area contributed by atoms with Crippen molar-refractivity contribution in [3.05, 3.63) is 82.5 Å². The zero-order valence-electron chi connectivity index (χ0n) is 17.2. The standard InChI is InChI=1S/C24H25N3OS/c1-17-5-9-19(10-6-17)22-21(27-13-14-29-23(27)26-22)15-25-28-16-18-7-11-20(12-8-18)24(2,3)4/h5-15H,16H2,1-4H3/b25-15-. The van der Waals surface area contributed by atoms with Crippen molar-refractivity contribution in [3.8, 4) is 11.3 Å². The van der Waals surface area contributed by atoms with E-state index < -0.39 is 0 Å². The van der Waals surface area contributed by atoms with Gasteiger partial charge in [-0.05, 0) is 23.5 Å². The van der Waals surface area contributed by atoms with Gasteiger partial charge in [0.1, 0.15) is 6.61 Å². The highest BCUT2D eigenvalue weighted by Crippen LogP contribution is 2.26. The average molecular weight is 404 g/mol. The summed E-state index contributed by atoms with van der Waals surface area (Å²) in [4.78, 5) is 11.3. The molecule has 0 fully saturated rings. The molecule has 4 nitrogen and oxygen atoms in total. The second-order valence-electron chi connectivity index (χ2n) is 8.22. The summed E-state index contributed by atoms with van der Waals surface area (Å²) in [7, 11) is 0. The van der Waals surface area contributed by atoms with Crippen molar-refractivity contribution in [2.75, 3.05) is 0 Å². The molecule has 0 amide bonds. The zero-order chi connectivity index (χ0) is 20.4. The Bertz CT molecular complexity index is 1130. The lowest BCUT2D eigenvalue weighted by Crippen LogP contribution is -2.10. The molecule has 5 heteroatoms. The van der Waals surface area contributed by atoms with Gasteiger partial charge in [0.15, 0.2) is 4.96 Å². The molecule has 2 aromatic heterocycles. The number of rotatable bonds is 5. The Morgan fingerprint density at radius 3 is 2.48 bits per heavy atom.